The Balaban J connectivity index is 1.15. The Morgan fingerprint density at radius 3 is 2.55 bits per heavy atom. The van der Waals surface area contributed by atoms with Crippen molar-refractivity contribution >= 4 is 11.6 Å². The van der Waals surface area contributed by atoms with Gasteiger partial charge in [-0.25, -0.2) is 4.39 Å². The quantitative estimate of drug-likeness (QED) is 0.754. The first-order chi connectivity index (χ1) is 15.2. The summed E-state index contributed by atoms with van der Waals surface area (Å²) in [5, 5.41) is 0. The lowest BCUT2D eigenvalue weighted by molar-refractivity contribution is -0.132. The molecular formula is C24H28FN3O3. The van der Waals surface area contributed by atoms with Crippen molar-refractivity contribution in [3.8, 4) is 11.5 Å². The third-order valence-corrected chi connectivity index (χ3v) is 6.56. The Labute approximate surface area is 182 Å². The summed E-state index contributed by atoms with van der Waals surface area (Å²) in [4.78, 5) is 19.8. The lowest BCUT2D eigenvalue weighted by atomic mass is 10.0. The molecule has 0 aromatic heterocycles. The van der Waals surface area contributed by atoms with Gasteiger partial charge in [0.2, 0.25) is 12.7 Å². The van der Waals surface area contributed by atoms with Crippen LogP contribution >= 0.6 is 0 Å². The van der Waals surface area contributed by atoms with Crippen LogP contribution in [0.15, 0.2) is 42.5 Å². The lowest BCUT2D eigenvalue weighted by Gasteiger charge is -2.44. The molecule has 164 valence electrons. The van der Waals surface area contributed by atoms with Gasteiger partial charge in [-0.05, 0) is 54.8 Å². The molecule has 3 aliphatic rings. The molecule has 2 aromatic carbocycles. The molecule has 0 aliphatic carbocycles. The first-order valence-electron chi connectivity index (χ1n) is 11.1. The smallest absolute Gasteiger partial charge is 0.231 e. The second kappa shape index (κ2) is 8.75. The van der Waals surface area contributed by atoms with Crippen LogP contribution in [0.1, 0.15) is 18.4 Å². The van der Waals surface area contributed by atoms with Crippen molar-refractivity contribution in [3.05, 3.63) is 53.8 Å². The Bertz CT molecular complexity index is 928. The van der Waals surface area contributed by atoms with Crippen molar-refractivity contribution in [1.82, 2.24) is 9.80 Å². The number of nitrogens with zero attached hydrogens (tertiary/aromatic N) is 3. The van der Waals surface area contributed by atoms with Crippen molar-refractivity contribution in [1.29, 1.82) is 0 Å². The van der Waals surface area contributed by atoms with Gasteiger partial charge in [0.25, 0.3) is 0 Å². The molecule has 0 radical (unpaired) electrons. The maximum Gasteiger partial charge on any atom is 0.231 e. The highest BCUT2D eigenvalue weighted by atomic mass is 19.1. The van der Waals surface area contributed by atoms with E-state index in [1.807, 2.05) is 35.2 Å². The summed E-state index contributed by atoms with van der Waals surface area (Å²) in [6.45, 7) is 5.64. The van der Waals surface area contributed by atoms with Gasteiger partial charge in [-0.3, -0.25) is 9.69 Å². The fourth-order valence-corrected chi connectivity index (χ4v) is 4.81. The normalized spacial score (nSPS) is 21.4. The molecule has 1 amide bonds. The highest BCUT2D eigenvalue weighted by molar-refractivity contribution is 5.79. The van der Waals surface area contributed by atoms with E-state index in [2.05, 4.69) is 9.80 Å². The SMILES string of the molecule is O=C(Cc1ccc2c(c1)OCO2)N1CCCC(N2CCN(c3ccc(F)cc3)CC2)C1. The van der Waals surface area contributed by atoms with Crippen LogP contribution in [-0.4, -0.2) is 67.8 Å². The van der Waals surface area contributed by atoms with Crippen LogP contribution in [0.4, 0.5) is 10.1 Å². The Morgan fingerprint density at radius 1 is 0.968 bits per heavy atom. The summed E-state index contributed by atoms with van der Waals surface area (Å²) in [7, 11) is 0. The number of halogens is 1. The molecule has 31 heavy (non-hydrogen) atoms. The minimum atomic E-state index is -0.199. The van der Waals surface area contributed by atoms with E-state index >= 15 is 0 Å². The number of hydrogen-bond acceptors (Lipinski definition) is 5. The molecule has 0 N–H and O–H groups in total. The van der Waals surface area contributed by atoms with Crippen LogP contribution in [0.5, 0.6) is 11.5 Å². The Hall–Kier alpha value is -2.80. The molecule has 2 aromatic rings. The maximum atomic E-state index is 13.2. The van der Waals surface area contributed by atoms with Crippen molar-refractivity contribution in [3.63, 3.8) is 0 Å². The fourth-order valence-electron chi connectivity index (χ4n) is 4.81. The number of fused-ring (bicyclic) bond motifs is 1. The second-order valence-corrected chi connectivity index (χ2v) is 8.50. The highest BCUT2D eigenvalue weighted by Crippen LogP contribution is 2.32. The molecule has 2 fully saturated rings. The predicted molar refractivity (Wildman–Crippen MR) is 116 cm³/mol. The van der Waals surface area contributed by atoms with E-state index in [0.717, 1.165) is 74.9 Å². The van der Waals surface area contributed by atoms with E-state index in [0.29, 0.717) is 12.5 Å². The topological polar surface area (TPSA) is 45.3 Å². The van der Waals surface area contributed by atoms with E-state index in [-0.39, 0.29) is 18.5 Å². The average Bonchev–Trinajstić information content (AvgIpc) is 3.28. The summed E-state index contributed by atoms with van der Waals surface area (Å²) in [5.41, 5.74) is 2.04. The third-order valence-electron chi connectivity index (χ3n) is 6.56. The molecule has 0 saturated carbocycles. The van der Waals surface area contributed by atoms with Crippen molar-refractivity contribution in [2.24, 2.45) is 0 Å². The first-order valence-corrected chi connectivity index (χ1v) is 11.1. The van der Waals surface area contributed by atoms with Gasteiger partial charge in [0.1, 0.15) is 5.82 Å². The number of amides is 1. The lowest BCUT2D eigenvalue weighted by Crippen LogP contribution is -2.56. The highest BCUT2D eigenvalue weighted by Gasteiger charge is 2.30. The van der Waals surface area contributed by atoms with Crippen LogP contribution in [0, 0.1) is 5.82 Å². The number of piperidine rings is 1. The summed E-state index contributed by atoms with van der Waals surface area (Å²) >= 11 is 0. The van der Waals surface area contributed by atoms with Gasteiger partial charge < -0.3 is 19.3 Å². The summed E-state index contributed by atoms with van der Waals surface area (Å²) in [6.07, 6.45) is 2.56. The standard InChI is InChI=1S/C24H28FN3O3/c25-19-4-6-20(7-5-19)26-10-12-27(13-11-26)21-2-1-9-28(16-21)24(29)15-18-3-8-22-23(14-18)31-17-30-22/h3-8,14,21H,1-2,9-13,15-17H2. The zero-order valence-electron chi connectivity index (χ0n) is 17.6. The van der Waals surface area contributed by atoms with Gasteiger partial charge in [-0.1, -0.05) is 6.07 Å². The monoisotopic (exact) mass is 425 g/mol. The first kappa shape index (κ1) is 20.1. The minimum absolute atomic E-state index is 0.175. The molecule has 0 bridgehead atoms. The number of likely N-dealkylation sites (tertiary alicyclic amines) is 1. The largest absolute Gasteiger partial charge is 0.454 e. The average molecular weight is 426 g/mol. The third kappa shape index (κ3) is 4.46. The number of carbonyl (C=O) groups excluding carboxylic acids is 1. The van der Waals surface area contributed by atoms with Gasteiger partial charge in [-0.2, -0.15) is 0 Å². The molecule has 7 heteroatoms. The number of carbonyl (C=O) groups is 1. The zero-order valence-corrected chi connectivity index (χ0v) is 17.6. The Kier molecular flexibility index (Phi) is 5.68. The number of anilines is 1. The maximum absolute atomic E-state index is 13.2. The van der Waals surface area contributed by atoms with Crippen LogP contribution in [0.2, 0.25) is 0 Å². The zero-order chi connectivity index (χ0) is 21.2. The fraction of sp³-hybridized carbons (Fsp3) is 0.458. The number of rotatable bonds is 4. The van der Waals surface area contributed by atoms with Crippen molar-refractivity contribution < 1.29 is 18.7 Å². The van der Waals surface area contributed by atoms with Crippen molar-refractivity contribution in [2.75, 3.05) is 51.0 Å². The number of hydrogen-bond donors (Lipinski definition) is 0. The molecule has 0 spiro atoms. The molecule has 5 rings (SSSR count). The molecule has 3 heterocycles. The van der Waals surface area contributed by atoms with E-state index in [4.69, 9.17) is 9.47 Å². The molecule has 1 atom stereocenters. The predicted octanol–water partition coefficient (Wildman–Crippen LogP) is 2.91. The van der Waals surface area contributed by atoms with Gasteiger partial charge >= 0.3 is 0 Å². The molecule has 1 unspecified atom stereocenters. The number of piperazine rings is 1. The van der Waals surface area contributed by atoms with Crippen LogP contribution < -0.4 is 14.4 Å². The van der Waals surface area contributed by atoms with Crippen molar-refractivity contribution in [2.45, 2.75) is 25.3 Å². The molecule has 2 saturated heterocycles. The second-order valence-electron chi connectivity index (χ2n) is 8.50. The van der Waals surface area contributed by atoms with E-state index in [9.17, 15) is 9.18 Å². The Morgan fingerprint density at radius 2 is 1.74 bits per heavy atom. The van der Waals surface area contributed by atoms with Crippen LogP contribution in [-0.2, 0) is 11.2 Å². The van der Waals surface area contributed by atoms with E-state index in [1.54, 1.807) is 0 Å². The van der Waals surface area contributed by atoms with E-state index in [1.165, 1.54) is 12.1 Å². The van der Waals surface area contributed by atoms with Crippen LogP contribution in [0.3, 0.4) is 0 Å². The number of ether oxygens (including phenoxy) is 2. The van der Waals surface area contributed by atoms with Gasteiger partial charge in [0, 0.05) is 51.0 Å². The van der Waals surface area contributed by atoms with Gasteiger partial charge in [-0.15, -0.1) is 0 Å². The van der Waals surface area contributed by atoms with Gasteiger partial charge in [0.05, 0.1) is 6.42 Å². The number of benzene rings is 2. The molecular weight excluding hydrogens is 397 g/mol. The summed E-state index contributed by atoms with van der Waals surface area (Å²) in [6, 6.07) is 12.9. The summed E-state index contributed by atoms with van der Waals surface area (Å²) in [5.74, 6) is 1.44. The minimum Gasteiger partial charge on any atom is -0.454 e. The molecule has 6 nitrogen and oxygen atoms in total. The van der Waals surface area contributed by atoms with Gasteiger partial charge in [0.15, 0.2) is 11.5 Å². The van der Waals surface area contributed by atoms with Crippen LogP contribution in [0.25, 0.3) is 0 Å². The summed E-state index contributed by atoms with van der Waals surface area (Å²) < 4.78 is 24.0. The molecule has 3 aliphatic heterocycles. The van der Waals surface area contributed by atoms with E-state index < -0.39 is 0 Å².